The summed E-state index contributed by atoms with van der Waals surface area (Å²) in [6.45, 7) is 2.48. The largest absolute Gasteiger partial charge is 0.375 e. The topological polar surface area (TPSA) is 94.0 Å². The maximum absolute atomic E-state index is 12.5. The number of fused-ring (bicyclic) bond motifs is 2. The first kappa shape index (κ1) is 20.7. The lowest BCUT2D eigenvalue weighted by atomic mass is 9.87. The van der Waals surface area contributed by atoms with Crippen LogP contribution >= 0.6 is 0 Å². The van der Waals surface area contributed by atoms with Gasteiger partial charge in [0.1, 0.15) is 12.3 Å². The van der Waals surface area contributed by atoms with E-state index < -0.39 is 0 Å². The number of H-pyrrole nitrogens is 1. The molecule has 32 heavy (non-hydrogen) atoms. The van der Waals surface area contributed by atoms with Crippen molar-refractivity contribution in [2.24, 2.45) is 0 Å². The summed E-state index contributed by atoms with van der Waals surface area (Å²) in [5.74, 6) is 0.0414. The van der Waals surface area contributed by atoms with Crippen LogP contribution in [0.3, 0.4) is 0 Å². The summed E-state index contributed by atoms with van der Waals surface area (Å²) in [4.78, 5) is 22.1. The number of aromatic amines is 1. The van der Waals surface area contributed by atoms with Crippen molar-refractivity contribution >= 4 is 16.9 Å². The van der Waals surface area contributed by atoms with Crippen LogP contribution in [0.5, 0.6) is 0 Å². The number of rotatable bonds is 5. The average Bonchev–Trinajstić information content (AvgIpc) is 3.49. The Morgan fingerprint density at radius 3 is 3.03 bits per heavy atom. The average molecular weight is 430 g/mol. The van der Waals surface area contributed by atoms with Crippen LogP contribution in [-0.2, 0) is 28.9 Å². The summed E-state index contributed by atoms with van der Waals surface area (Å²) in [5.41, 5.74) is 7.83. The molecule has 1 amide bonds. The third-order valence-corrected chi connectivity index (χ3v) is 6.65. The number of amides is 1. The zero-order chi connectivity index (χ0) is 22.1. The van der Waals surface area contributed by atoms with Gasteiger partial charge in [-0.3, -0.25) is 4.79 Å². The highest BCUT2D eigenvalue weighted by atomic mass is 16.5. The van der Waals surface area contributed by atoms with Gasteiger partial charge in [-0.1, -0.05) is 6.07 Å². The van der Waals surface area contributed by atoms with Crippen molar-refractivity contribution < 1.29 is 9.53 Å². The number of carbonyl (C=O) groups excluding carboxylic acids is 1. The van der Waals surface area contributed by atoms with E-state index in [-0.39, 0.29) is 12.5 Å². The van der Waals surface area contributed by atoms with E-state index in [1.165, 1.54) is 16.7 Å². The minimum absolute atomic E-state index is 0.0414. The molecule has 4 heterocycles. The first-order valence-electron chi connectivity index (χ1n) is 11.2. The molecule has 1 aromatic carbocycles. The number of carbonyl (C=O) groups is 1. The van der Waals surface area contributed by atoms with Crippen molar-refractivity contribution in [1.29, 1.82) is 5.26 Å². The Morgan fingerprint density at radius 1 is 1.34 bits per heavy atom. The van der Waals surface area contributed by atoms with Gasteiger partial charge in [0, 0.05) is 49.6 Å². The van der Waals surface area contributed by atoms with E-state index in [9.17, 15) is 4.79 Å². The molecule has 2 aromatic heterocycles. The number of methoxy groups -OCH3 is 1. The lowest BCUT2D eigenvalue weighted by Crippen LogP contribution is -2.38. The van der Waals surface area contributed by atoms with Crippen LogP contribution in [0.2, 0.25) is 0 Å². The number of hydrogen-bond donors (Lipinski definition) is 2. The molecule has 5 rings (SSSR count). The van der Waals surface area contributed by atoms with Gasteiger partial charge in [-0.25, -0.2) is 4.98 Å². The van der Waals surface area contributed by atoms with Gasteiger partial charge in [-0.05, 0) is 65.8 Å². The third kappa shape index (κ3) is 3.77. The molecular weight excluding hydrogens is 402 g/mol. The molecule has 7 nitrogen and oxygen atoms in total. The Labute approximate surface area is 187 Å². The van der Waals surface area contributed by atoms with Crippen molar-refractivity contribution in [3.8, 4) is 17.2 Å². The van der Waals surface area contributed by atoms with Crippen LogP contribution in [0, 0.1) is 11.3 Å². The molecule has 1 atom stereocenters. The van der Waals surface area contributed by atoms with Gasteiger partial charge in [-0.15, -0.1) is 0 Å². The summed E-state index contributed by atoms with van der Waals surface area (Å²) in [5, 5.41) is 13.8. The smallest absolute Gasteiger partial charge is 0.248 e. The molecule has 7 heteroatoms. The fourth-order valence-corrected chi connectivity index (χ4v) is 5.00. The highest BCUT2D eigenvalue weighted by molar-refractivity contribution is 5.85. The lowest BCUT2D eigenvalue weighted by molar-refractivity contribution is -0.136. The van der Waals surface area contributed by atoms with Gasteiger partial charge >= 0.3 is 0 Å². The molecule has 2 aliphatic heterocycles. The number of ether oxygens (including phenoxy) is 1. The van der Waals surface area contributed by atoms with Crippen molar-refractivity contribution in [2.45, 2.75) is 38.3 Å². The normalized spacial score (nSPS) is 18.0. The molecule has 0 bridgehead atoms. The molecule has 1 saturated heterocycles. The Bertz CT molecular complexity index is 1200. The zero-order valence-electron chi connectivity index (χ0n) is 18.3. The van der Waals surface area contributed by atoms with Crippen LogP contribution in [-0.4, -0.2) is 47.6 Å². The second-order valence-electron chi connectivity index (χ2n) is 8.62. The molecule has 3 aromatic rings. The lowest BCUT2D eigenvalue weighted by Gasteiger charge is -2.32. The monoisotopic (exact) mass is 429 g/mol. The predicted molar refractivity (Wildman–Crippen MR) is 122 cm³/mol. The molecule has 0 unspecified atom stereocenters. The van der Waals surface area contributed by atoms with Gasteiger partial charge < -0.3 is 19.9 Å². The molecule has 0 aliphatic carbocycles. The highest BCUT2D eigenvalue weighted by Gasteiger charge is 2.28. The molecule has 0 saturated carbocycles. The number of pyridine rings is 1. The number of nitriles is 1. The van der Waals surface area contributed by atoms with Gasteiger partial charge in [-0.2, -0.15) is 5.26 Å². The molecule has 0 radical (unpaired) electrons. The number of nitrogens with one attached hydrogen (secondary N) is 2. The zero-order valence-corrected chi connectivity index (χ0v) is 18.3. The fraction of sp³-hybridized carbons (Fsp3) is 0.400. The summed E-state index contributed by atoms with van der Waals surface area (Å²) in [6.07, 6.45) is 7.22. The van der Waals surface area contributed by atoms with E-state index in [2.05, 4.69) is 39.6 Å². The molecular formula is C25H27N5O2. The van der Waals surface area contributed by atoms with E-state index >= 15 is 0 Å². The van der Waals surface area contributed by atoms with Crippen LogP contribution in [0.4, 0.5) is 0 Å². The van der Waals surface area contributed by atoms with E-state index in [4.69, 9.17) is 10.00 Å². The Balaban J connectivity index is 1.57. The second-order valence-corrected chi connectivity index (χ2v) is 8.62. The second kappa shape index (κ2) is 8.73. The van der Waals surface area contributed by atoms with E-state index in [0.717, 1.165) is 53.5 Å². The van der Waals surface area contributed by atoms with Gasteiger partial charge in [0.25, 0.3) is 0 Å². The Morgan fingerprint density at radius 2 is 2.25 bits per heavy atom. The predicted octanol–water partition coefficient (Wildman–Crippen LogP) is 3.25. The maximum Gasteiger partial charge on any atom is 0.248 e. The molecule has 1 fully saturated rings. The van der Waals surface area contributed by atoms with Gasteiger partial charge in [0.05, 0.1) is 12.5 Å². The standard InChI is InChI=1S/C25H27N5O2/c1-32-15-24(31)30-8-5-16-9-18(10-21(22(16)14-30)23-3-2-7-27-23)19-11-20-17(4-6-26)12-28-25(20)29-13-19/h9-13,23,27H,2-5,7-8,14-15H2,1H3,(H,28,29)/t23-/m0/s1. The Kier molecular flexibility index (Phi) is 5.64. The number of aromatic nitrogens is 2. The van der Waals surface area contributed by atoms with Crippen LogP contribution in [0.1, 0.15) is 41.1 Å². The molecule has 164 valence electrons. The van der Waals surface area contributed by atoms with Crippen molar-refractivity contribution in [2.75, 3.05) is 26.8 Å². The van der Waals surface area contributed by atoms with E-state index in [1.807, 2.05) is 17.3 Å². The maximum atomic E-state index is 12.5. The number of benzene rings is 1. The van der Waals surface area contributed by atoms with Gasteiger partial charge in [0.2, 0.25) is 5.91 Å². The first-order chi connectivity index (χ1) is 15.7. The van der Waals surface area contributed by atoms with Crippen LogP contribution in [0.25, 0.3) is 22.2 Å². The minimum atomic E-state index is 0.0414. The van der Waals surface area contributed by atoms with Crippen molar-refractivity contribution in [3.05, 3.63) is 52.8 Å². The summed E-state index contributed by atoms with van der Waals surface area (Å²) in [6, 6.07) is 9.20. The van der Waals surface area contributed by atoms with Gasteiger partial charge in [0.15, 0.2) is 0 Å². The highest BCUT2D eigenvalue weighted by Crippen LogP contribution is 2.36. The van der Waals surface area contributed by atoms with Crippen molar-refractivity contribution in [3.63, 3.8) is 0 Å². The molecule has 2 aliphatic rings. The minimum Gasteiger partial charge on any atom is -0.375 e. The van der Waals surface area contributed by atoms with E-state index in [0.29, 0.717) is 25.6 Å². The fourth-order valence-electron chi connectivity index (χ4n) is 5.00. The SMILES string of the molecule is COCC(=O)N1CCc2cc(-c3cnc4[nH]cc(CC#N)c4c3)cc([C@@H]3CCCN3)c2C1. The quantitative estimate of drug-likeness (QED) is 0.649. The Hall–Kier alpha value is -3.21. The third-order valence-electron chi connectivity index (χ3n) is 6.65. The molecule has 2 N–H and O–H groups in total. The van der Waals surface area contributed by atoms with Crippen LogP contribution in [0.15, 0.2) is 30.6 Å². The molecule has 0 spiro atoms. The number of hydrogen-bond acceptors (Lipinski definition) is 5. The summed E-state index contributed by atoms with van der Waals surface area (Å²) < 4.78 is 5.07. The number of nitrogens with zero attached hydrogens (tertiary/aromatic N) is 3. The van der Waals surface area contributed by atoms with E-state index in [1.54, 1.807) is 7.11 Å². The summed E-state index contributed by atoms with van der Waals surface area (Å²) >= 11 is 0. The van der Waals surface area contributed by atoms with Crippen molar-refractivity contribution in [1.82, 2.24) is 20.2 Å². The van der Waals surface area contributed by atoms with Crippen LogP contribution < -0.4 is 5.32 Å². The summed E-state index contributed by atoms with van der Waals surface area (Å²) in [7, 11) is 1.56. The first-order valence-corrected chi connectivity index (χ1v) is 11.2.